The van der Waals surface area contributed by atoms with E-state index in [1.807, 2.05) is 13.1 Å². The zero-order chi connectivity index (χ0) is 13.3. The first-order chi connectivity index (χ1) is 8.49. The quantitative estimate of drug-likeness (QED) is 0.919. The van der Waals surface area contributed by atoms with Crippen LogP contribution in [0.1, 0.15) is 6.92 Å². The minimum atomic E-state index is -0.163. The molecule has 0 aliphatic rings. The van der Waals surface area contributed by atoms with Gasteiger partial charge in [-0.25, -0.2) is 4.98 Å². The lowest BCUT2D eigenvalue weighted by Crippen LogP contribution is -2.10. The fourth-order valence-corrected chi connectivity index (χ4v) is 1.90. The standard InChI is InChI=1S/C12H11Cl2N3O/c1-7(18)16-12-15-6-11(17(12)2)8-3-4-9(13)10(14)5-8/h3-6H,1-2H3,(H,15,16,18). The largest absolute Gasteiger partial charge is 0.313 e. The van der Waals surface area contributed by atoms with Crippen molar-refractivity contribution < 1.29 is 4.79 Å². The Morgan fingerprint density at radius 3 is 2.67 bits per heavy atom. The molecule has 0 aliphatic carbocycles. The van der Waals surface area contributed by atoms with E-state index in [-0.39, 0.29) is 5.91 Å². The summed E-state index contributed by atoms with van der Waals surface area (Å²) in [7, 11) is 1.82. The van der Waals surface area contributed by atoms with Crippen molar-refractivity contribution in [3.63, 3.8) is 0 Å². The molecule has 1 N–H and O–H groups in total. The number of anilines is 1. The molecule has 6 heteroatoms. The van der Waals surface area contributed by atoms with Crippen LogP contribution in [0.2, 0.25) is 10.0 Å². The van der Waals surface area contributed by atoms with E-state index in [9.17, 15) is 4.79 Å². The summed E-state index contributed by atoms with van der Waals surface area (Å²) in [5, 5.41) is 3.63. The first-order valence-corrected chi connectivity index (χ1v) is 5.99. The molecule has 1 amide bonds. The predicted octanol–water partition coefficient (Wildman–Crippen LogP) is 3.35. The Balaban J connectivity index is 2.42. The van der Waals surface area contributed by atoms with Gasteiger partial charge in [0.15, 0.2) is 0 Å². The van der Waals surface area contributed by atoms with Crippen LogP contribution in [0.4, 0.5) is 5.95 Å². The van der Waals surface area contributed by atoms with Crippen LogP contribution in [-0.2, 0) is 11.8 Å². The Hall–Kier alpha value is -1.52. The number of carbonyl (C=O) groups is 1. The highest BCUT2D eigenvalue weighted by Crippen LogP contribution is 2.29. The average molecular weight is 284 g/mol. The maximum Gasteiger partial charge on any atom is 0.223 e. The van der Waals surface area contributed by atoms with E-state index < -0.39 is 0 Å². The summed E-state index contributed by atoms with van der Waals surface area (Å²) < 4.78 is 1.78. The number of imidazole rings is 1. The summed E-state index contributed by atoms with van der Waals surface area (Å²) in [4.78, 5) is 15.1. The van der Waals surface area contributed by atoms with Crippen LogP contribution < -0.4 is 5.32 Å². The number of hydrogen-bond acceptors (Lipinski definition) is 2. The predicted molar refractivity (Wildman–Crippen MR) is 73.0 cm³/mol. The Morgan fingerprint density at radius 1 is 1.33 bits per heavy atom. The van der Waals surface area contributed by atoms with Gasteiger partial charge in [-0.05, 0) is 12.1 Å². The van der Waals surface area contributed by atoms with Gasteiger partial charge in [-0.2, -0.15) is 0 Å². The molecule has 4 nitrogen and oxygen atoms in total. The number of amides is 1. The van der Waals surface area contributed by atoms with Crippen molar-refractivity contribution in [3.8, 4) is 11.3 Å². The van der Waals surface area contributed by atoms with Crippen LogP contribution in [-0.4, -0.2) is 15.5 Å². The summed E-state index contributed by atoms with van der Waals surface area (Å²) >= 11 is 11.8. The minimum absolute atomic E-state index is 0.163. The molecule has 0 unspecified atom stereocenters. The molecule has 0 radical (unpaired) electrons. The van der Waals surface area contributed by atoms with Gasteiger partial charge in [-0.3, -0.25) is 10.1 Å². The Bertz CT molecular complexity index is 607. The van der Waals surface area contributed by atoms with E-state index >= 15 is 0 Å². The molecule has 1 heterocycles. The van der Waals surface area contributed by atoms with Crippen molar-refractivity contribution in [2.75, 3.05) is 5.32 Å². The molecular weight excluding hydrogens is 273 g/mol. The normalized spacial score (nSPS) is 10.4. The number of rotatable bonds is 2. The second kappa shape index (κ2) is 5.00. The molecule has 0 saturated heterocycles. The Labute approximate surface area is 115 Å². The van der Waals surface area contributed by atoms with Crippen LogP contribution >= 0.6 is 23.2 Å². The van der Waals surface area contributed by atoms with Gasteiger partial charge in [-0.15, -0.1) is 0 Å². The van der Waals surface area contributed by atoms with Crippen LogP contribution in [0.5, 0.6) is 0 Å². The second-order valence-electron chi connectivity index (χ2n) is 3.84. The topological polar surface area (TPSA) is 46.9 Å². The van der Waals surface area contributed by atoms with Gasteiger partial charge in [0.1, 0.15) is 0 Å². The van der Waals surface area contributed by atoms with E-state index in [4.69, 9.17) is 23.2 Å². The molecule has 1 aromatic heterocycles. The molecule has 1 aromatic carbocycles. The van der Waals surface area contributed by atoms with E-state index in [1.54, 1.807) is 22.9 Å². The Kier molecular flexibility index (Phi) is 3.59. The van der Waals surface area contributed by atoms with E-state index in [0.717, 1.165) is 11.3 Å². The molecule has 94 valence electrons. The summed E-state index contributed by atoms with van der Waals surface area (Å²) in [6.07, 6.45) is 1.67. The highest BCUT2D eigenvalue weighted by Gasteiger charge is 2.10. The van der Waals surface area contributed by atoms with Crippen molar-refractivity contribution in [1.82, 2.24) is 9.55 Å². The third-order valence-electron chi connectivity index (χ3n) is 2.49. The van der Waals surface area contributed by atoms with Gasteiger partial charge in [-0.1, -0.05) is 29.3 Å². The highest BCUT2D eigenvalue weighted by molar-refractivity contribution is 6.42. The number of halogens is 2. The lowest BCUT2D eigenvalue weighted by Gasteiger charge is -2.07. The average Bonchev–Trinajstić information content (AvgIpc) is 2.64. The molecule has 0 bridgehead atoms. The first kappa shape index (κ1) is 12.9. The zero-order valence-corrected chi connectivity index (χ0v) is 11.4. The van der Waals surface area contributed by atoms with Crippen molar-refractivity contribution in [3.05, 3.63) is 34.4 Å². The maximum atomic E-state index is 11.0. The number of benzene rings is 1. The zero-order valence-electron chi connectivity index (χ0n) is 9.87. The number of carbonyl (C=O) groups excluding carboxylic acids is 1. The van der Waals surface area contributed by atoms with Crippen LogP contribution in [0, 0.1) is 0 Å². The molecular formula is C12H11Cl2N3O. The SMILES string of the molecule is CC(=O)Nc1ncc(-c2ccc(Cl)c(Cl)c2)n1C. The van der Waals surface area contributed by atoms with Crippen molar-refractivity contribution >= 4 is 35.1 Å². The van der Waals surface area contributed by atoms with Gasteiger partial charge in [0.05, 0.1) is 21.9 Å². The van der Waals surface area contributed by atoms with Crippen LogP contribution in [0.3, 0.4) is 0 Å². The lowest BCUT2D eigenvalue weighted by atomic mass is 10.2. The smallest absolute Gasteiger partial charge is 0.223 e. The fraction of sp³-hybridized carbons (Fsp3) is 0.167. The fourth-order valence-electron chi connectivity index (χ4n) is 1.61. The summed E-state index contributed by atoms with van der Waals surface area (Å²) in [6, 6.07) is 5.34. The minimum Gasteiger partial charge on any atom is -0.313 e. The van der Waals surface area contributed by atoms with Crippen molar-refractivity contribution in [2.45, 2.75) is 6.92 Å². The van der Waals surface area contributed by atoms with Crippen LogP contribution in [0.15, 0.2) is 24.4 Å². The van der Waals surface area contributed by atoms with Gasteiger partial charge in [0, 0.05) is 19.5 Å². The van der Waals surface area contributed by atoms with Crippen molar-refractivity contribution in [2.24, 2.45) is 7.05 Å². The van der Waals surface area contributed by atoms with Crippen LogP contribution in [0.25, 0.3) is 11.3 Å². The van der Waals surface area contributed by atoms with E-state index in [2.05, 4.69) is 10.3 Å². The van der Waals surface area contributed by atoms with Gasteiger partial charge in [0.25, 0.3) is 0 Å². The maximum absolute atomic E-state index is 11.0. The van der Waals surface area contributed by atoms with Crippen molar-refractivity contribution in [1.29, 1.82) is 0 Å². The first-order valence-electron chi connectivity index (χ1n) is 5.24. The van der Waals surface area contributed by atoms with Gasteiger partial charge >= 0.3 is 0 Å². The highest BCUT2D eigenvalue weighted by atomic mass is 35.5. The third-order valence-corrected chi connectivity index (χ3v) is 3.23. The second-order valence-corrected chi connectivity index (χ2v) is 4.65. The molecule has 0 fully saturated rings. The third kappa shape index (κ3) is 2.49. The van der Waals surface area contributed by atoms with E-state index in [0.29, 0.717) is 16.0 Å². The molecule has 0 atom stereocenters. The Morgan fingerprint density at radius 2 is 2.06 bits per heavy atom. The molecule has 2 rings (SSSR count). The van der Waals surface area contributed by atoms with Gasteiger partial charge in [0.2, 0.25) is 11.9 Å². The molecule has 0 saturated carbocycles. The molecule has 2 aromatic rings. The molecule has 0 spiro atoms. The van der Waals surface area contributed by atoms with E-state index in [1.165, 1.54) is 6.92 Å². The monoisotopic (exact) mass is 283 g/mol. The molecule has 0 aliphatic heterocycles. The summed E-state index contributed by atoms with van der Waals surface area (Å²) in [5.41, 5.74) is 1.73. The number of nitrogens with one attached hydrogen (secondary N) is 1. The summed E-state index contributed by atoms with van der Waals surface area (Å²) in [6.45, 7) is 1.44. The number of aromatic nitrogens is 2. The van der Waals surface area contributed by atoms with Gasteiger partial charge < -0.3 is 4.57 Å². The number of hydrogen-bond donors (Lipinski definition) is 1. The molecule has 18 heavy (non-hydrogen) atoms. The number of nitrogens with zero attached hydrogens (tertiary/aromatic N) is 2. The lowest BCUT2D eigenvalue weighted by molar-refractivity contribution is -0.114. The summed E-state index contributed by atoms with van der Waals surface area (Å²) in [5.74, 6) is 0.327.